The molecule has 1 aromatic carbocycles. The first-order valence-electron chi connectivity index (χ1n) is 7.90. The number of rotatable bonds is 2. The van der Waals surface area contributed by atoms with Crippen molar-refractivity contribution in [3.8, 4) is 0 Å². The van der Waals surface area contributed by atoms with E-state index in [2.05, 4.69) is 5.32 Å². The van der Waals surface area contributed by atoms with Crippen molar-refractivity contribution < 1.29 is 9.59 Å². The molecule has 0 saturated carbocycles. The fourth-order valence-electron chi connectivity index (χ4n) is 3.46. The average Bonchev–Trinajstić information content (AvgIpc) is 3.03. The Bertz CT molecular complexity index is 573. The summed E-state index contributed by atoms with van der Waals surface area (Å²) in [7, 11) is 0. The Morgan fingerprint density at radius 3 is 2.64 bits per heavy atom. The predicted molar refractivity (Wildman–Crippen MR) is 85.7 cm³/mol. The number of urea groups is 1. The number of nitrogens with one attached hydrogen (secondary N) is 1. The van der Waals surface area contributed by atoms with Gasteiger partial charge in [0.2, 0.25) is 5.91 Å². The Morgan fingerprint density at radius 2 is 1.95 bits per heavy atom. The third kappa shape index (κ3) is 2.80. The lowest BCUT2D eigenvalue weighted by molar-refractivity contribution is -0.117. The van der Waals surface area contributed by atoms with Crippen LogP contribution < -0.4 is 10.2 Å². The van der Waals surface area contributed by atoms with Gasteiger partial charge in [0.25, 0.3) is 0 Å². The highest BCUT2D eigenvalue weighted by Gasteiger charge is 2.48. The van der Waals surface area contributed by atoms with Crippen molar-refractivity contribution in [1.82, 2.24) is 10.2 Å². The van der Waals surface area contributed by atoms with Crippen LogP contribution in [-0.4, -0.2) is 42.5 Å². The van der Waals surface area contributed by atoms with Crippen LogP contribution >= 0.6 is 0 Å². The summed E-state index contributed by atoms with van der Waals surface area (Å²) in [5, 5.41) is 2.93. The number of anilines is 1. The van der Waals surface area contributed by atoms with Gasteiger partial charge in [-0.25, -0.2) is 4.79 Å². The summed E-state index contributed by atoms with van der Waals surface area (Å²) >= 11 is 0. The largest absolute Gasteiger partial charge is 0.336 e. The maximum Gasteiger partial charge on any atom is 0.317 e. The van der Waals surface area contributed by atoms with Gasteiger partial charge in [-0.05, 0) is 32.4 Å². The molecule has 1 atom stereocenters. The number of hydrogen-bond acceptors (Lipinski definition) is 2. The van der Waals surface area contributed by atoms with E-state index in [1.807, 2.05) is 54.0 Å². The Morgan fingerprint density at radius 1 is 1.23 bits per heavy atom. The maximum absolute atomic E-state index is 12.4. The molecule has 2 fully saturated rings. The van der Waals surface area contributed by atoms with E-state index >= 15 is 0 Å². The lowest BCUT2D eigenvalue weighted by atomic mass is 9.86. The molecule has 0 radical (unpaired) electrons. The second kappa shape index (κ2) is 5.63. The Kier molecular flexibility index (Phi) is 3.81. The highest BCUT2D eigenvalue weighted by Crippen LogP contribution is 2.41. The molecule has 0 bridgehead atoms. The van der Waals surface area contributed by atoms with Gasteiger partial charge < -0.3 is 15.1 Å². The molecule has 3 rings (SSSR count). The van der Waals surface area contributed by atoms with Crippen molar-refractivity contribution in [2.45, 2.75) is 32.7 Å². The highest BCUT2D eigenvalue weighted by molar-refractivity contribution is 5.96. The van der Waals surface area contributed by atoms with Crippen LogP contribution in [0.5, 0.6) is 0 Å². The zero-order chi connectivity index (χ0) is 15.7. The third-order valence-electron chi connectivity index (χ3n) is 4.53. The zero-order valence-corrected chi connectivity index (χ0v) is 13.2. The Hall–Kier alpha value is -2.04. The van der Waals surface area contributed by atoms with E-state index in [1.165, 1.54) is 0 Å². The van der Waals surface area contributed by atoms with Gasteiger partial charge in [0.15, 0.2) is 0 Å². The number of para-hydroxylation sites is 1. The fourth-order valence-corrected chi connectivity index (χ4v) is 3.46. The number of nitrogens with zero attached hydrogens (tertiary/aromatic N) is 2. The molecule has 22 heavy (non-hydrogen) atoms. The van der Waals surface area contributed by atoms with Crippen molar-refractivity contribution in [3.05, 3.63) is 30.3 Å². The van der Waals surface area contributed by atoms with Crippen molar-refractivity contribution in [3.63, 3.8) is 0 Å². The minimum absolute atomic E-state index is 0.0162. The summed E-state index contributed by atoms with van der Waals surface area (Å²) in [4.78, 5) is 28.3. The number of carbonyl (C=O) groups excluding carboxylic acids is 2. The molecule has 2 aliphatic rings. The van der Waals surface area contributed by atoms with Crippen LogP contribution in [0.15, 0.2) is 30.3 Å². The lowest BCUT2D eigenvalue weighted by Crippen LogP contribution is -2.43. The zero-order valence-electron chi connectivity index (χ0n) is 13.2. The van der Waals surface area contributed by atoms with E-state index in [9.17, 15) is 9.59 Å². The first kappa shape index (κ1) is 14.9. The molecule has 0 aliphatic carbocycles. The van der Waals surface area contributed by atoms with E-state index in [0.29, 0.717) is 19.5 Å². The minimum Gasteiger partial charge on any atom is -0.336 e. The summed E-state index contributed by atoms with van der Waals surface area (Å²) < 4.78 is 0. The number of amides is 3. The molecule has 0 aromatic heterocycles. The monoisotopic (exact) mass is 301 g/mol. The average molecular weight is 301 g/mol. The number of carbonyl (C=O) groups is 2. The van der Waals surface area contributed by atoms with E-state index in [-0.39, 0.29) is 23.4 Å². The van der Waals surface area contributed by atoms with Gasteiger partial charge >= 0.3 is 6.03 Å². The molecule has 2 aliphatic heterocycles. The van der Waals surface area contributed by atoms with Gasteiger partial charge in [-0.1, -0.05) is 18.2 Å². The van der Waals surface area contributed by atoms with Crippen LogP contribution in [0, 0.1) is 5.41 Å². The summed E-state index contributed by atoms with van der Waals surface area (Å²) in [6, 6.07) is 9.90. The molecule has 1 spiro atoms. The van der Waals surface area contributed by atoms with Crippen molar-refractivity contribution >= 4 is 17.6 Å². The highest BCUT2D eigenvalue weighted by atomic mass is 16.2. The molecule has 2 saturated heterocycles. The standard InChI is InChI=1S/C17H23N3O2/c1-13(2)18-16(22)19-9-8-17(11-19)10-15(21)20(12-17)14-6-4-3-5-7-14/h3-7,13H,8-12H2,1-2H3,(H,18,22)/t17-/m1/s1. The Balaban J connectivity index is 1.69. The number of likely N-dealkylation sites (tertiary alicyclic amines) is 1. The van der Waals surface area contributed by atoms with Crippen LogP contribution in [0.4, 0.5) is 10.5 Å². The van der Waals surface area contributed by atoms with Gasteiger partial charge in [0.05, 0.1) is 0 Å². The SMILES string of the molecule is CC(C)NC(=O)N1CC[C@@]2(CC(=O)N(c3ccccc3)C2)C1. The van der Waals surface area contributed by atoms with Crippen LogP contribution in [0.2, 0.25) is 0 Å². The summed E-state index contributed by atoms with van der Waals surface area (Å²) in [6.07, 6.45) is 1.43. The van der Waals surface area contributed by atoms with E-state index in [1.54, 1.807) is 0 Å². The predicted octanol–water partition coefficient (Wildman–Crippen LogP) is 2.23. The first-order chi connectivity index (χ1) is 10.5. The lowest BCUT2D eigenvalue weighted by Gasteiger charge is -2.24. The molecule has 118 valence electrons. The maximum atomic E-state index is 12.4. The summed E-state index contributed by atoms with van der Waals surface area (Å²) in [5.74, 6) is 0.164. The van der Waals surface area contributed by atoms with Crippen LogP contribution in [-0.2, 0) is 4.79 Å². The topological polar surface area (TPSA) is 52.7 Å². The summed E-state index contributed by atoms with van der Waals surface area (Å²) in [5.41, 5.74) is 0.871. The van der Waals surface area contributed by atoms with Crippen molar-refractivity contribution in [2.24, 2.45) is 5.41 Å². The minimum atomic E-state index is -0.0821. The molecular formula is C17H23N3O2. The first-order valence-corrected chi connectivity index (χ1v) is 7.90. The molecule has 0 unspecified atom stereocenters. The van der Waals surface area contributed by atoms with Crippen molar-refractivity contribution in [2.75, 3.05) is 24.5 Å². The van der Waals surface area contributed by atoms with E-state index in [0.717, 1.165) is 18.7 Å². The number of benzene rings is 1. The van der Waals surface area contributed by atoms with Crippen LogP contribution in [0.1, 0.15) is 26.7 Å². The fraction of sp³-hybridized carbons (Fsp3) is 0.529. The van der Waals surface area contributed by atoms with Gasteiger partial charge in [0, 0.05) is 43.2 Å². The molecule has 3 amide bonds. The molecule has 2 heterocycles. The van der Waals surface area contributed by atoms with E-state index < -0.39 is 0 Å². The van der Waals surface area contributed by atoms with Gasteiger partial charge in [-0.15, -0.1) is 0 Å². The molecular weight excluding hydrogens is 278 g/mol. The van der Waals surface area contributed by atoms with E-state index in [4.69, 9.17) is 0 Å². The number of hydrogen-bond donors (Lipinski definition) is 1. The molecule has 1 N–H and O–H groups in total. The molecule has 1 aromatic rings. The normalized spacial score (nSPS) is 24.6. The van der Waals surface area contributed by atoms with Gasteiger partial charge in [-0.3, -0.25) is 4.79 Å². The van der Waals surface area contributed by atoms with Gasteiger partial charge in [0.1, 0.15) is 0 Å². The third-order valence-corrected chi connectivity index (χ3v) is 4.53. The van der Waals surface area contributed by atoms with Gasteiger partial charge in [-0.2, -0.15) is 0 Å². The molecule has 5 heteroatoms. The second-order valence-corrected chi connectivity index (χ2v) is 6.77. The smallest absolute Gasteiger partial charge is 0.317 e. The molecule has 5 nitrogen and oxygen atoms in total. The second-order valence-electron chi connectivity index (χ2n) is 6.77. The summed E-state index contributed by atoms with van der Waals surface area (Å²) in [6.45, 7) is 6.02. The quantitative estimate of drug-likeness (QED) is 0.911. The van der Waals surface area contributed by atoms with Crippen LogP contribution in [0.25, 0.3) is 0 Å². The van der Waals surface area contributed by atoms with Crippen LogP contribution in [0.3, 0.4) is 0 Å². The Labute approximate surface area is 131 Å². The van der Waals surface area contributed by atoms with Crippen molar-refractivity contribution in [1.29, 1.82) is 0 Å².